The Morgan fingerprint density at radius 1 is 1.00 bits per heavy atom. The number of methoxy groups -OCH3 is 1. The minimum absolute atomic E-state index is 0.146. The number of fused-ring (bicyclic) bond motifs is 1. The molecular formula is C19H15NO7S. The fourth-order valence-electron chi connectivity index (χ4n) is 2.53. The lowest BCUT2D eigenvalue weighted by Crippen LogP contribution is -2.44. The van der Waals surface area contributed by atoms with E-state index in [0.717, 1.165) is 11.8 Å². The second-order valence-corrected chi connectivity index (χ2v) is 7.37. The maximum absolute atomic E-state index is 12.4. The number of carboxylic acids is 1. The number of carbonyl (C=O) groups is 4. The molecule has 2 aromatic carbocycles. The first-order valence-corrected chi connectivity index (χ1v) is 8.86. The lowest BCUT2D eigenvalue weighted by molar-refractivity contribution is -0.179. The van der Waals surface area contributed by atoms with Gasteiger partial charge in [-0.3, -0.25) is 9.59 Å². The van der Waals surface area contributed by atoms with Crippen LogP contribution in [0.25, 0.3) is 0 Å². The average molecular weight is 401 g/mol. The van der Waals surface area contributed by atoms with Crippen molar-refractivity contribution in [3.05, 3.63) is 65.2 Å². The number of hydrogen-bond acceptors (Lipinski definition) is 7. The topological polar surface area (TPSA) is 110 Å². The molecule has 1 N–H and O–H groups in total. The zero-order valence-electron chi connectivity index (χ0n) is 14.9. The largest absolute Gasteiger partial charge is 0.478 e. The first-order chi connectivity index (χ1) is 13.3. The van der Waals surface area contributed by atoms with Gasteiger partial charge in [0.1, 0.15) is 0 Å². The molecule has 0 saturated heterocycles. The Kier molecular flexibility index (Phi) is 5.21. The molecule has 9 heteroatoms. The maximum Gasteiger partial charge on any atom is 0.349 e. The average Bonchev–Trinajstić information content (AvgIpc) is 2.93. The van der Waals surface area contributed by atoms with Gasteiger partial charge in [0.2, 0.25) is 4.93 Å². The second-order valence-electron chi connectivity index (χ2n) is 5.91. The summed E-state index contributed by atoms with van der Waals surface area (Å²) in [5.74, 6) is -3.37. The summed E-state index contributed by atoms with van der Waals surface area (Å²) in [6.45, 7) is 1.23. The summed E-state index contributed by atoms with van der Waals surface area (Å²) >= 11 is 0.777. The van der Waals surface area contributed by atoms with E-state index >= 15 is 0 Å². The molecule has 1 atom stereocenters. The third kappa shape index (κ3) is 3.49. The summed E-state index contributed by atoms with van der Waals surface area (Å²) in [4.78, 5) is 52.1. The fourth-order valence-corrected chi connectivity index (χ4v) is 3.45. The van der Waals surface area contributed by atoms with Gasteiger partial charge in [0, 0.05) is 4.90 Å². The van der Waals surface area contributed by atoms with Gasteiger partial charge in [0.15, 0.2) is 0 Å². The zero-order valence-corrected chi connectivity index (χ0v) is 15.7. The number of ether oxygens (including phenoxy) is 1. The Labute approximate surface area is 164 Å². The van der Waals surface area contributed by atoms with Gasteiger partial charge in [-0.2, -0.15) is 0 Å². The van der Waals surface area contributed by atoms with Crippen LogP contribution in [0.3, 0.4) is 0 Å². The molecule has 0 fully saturated rings. The Balaban J connectivity index is 1.83. The Morgan fingerprint density at radius 2 is 1.54 bits per heavy atom. The van der Waals surface area contributed by atoms with E-state index in [4.69, 9.17) is 4.84 Å². The predicted molar refractivity (Wildman–Crippen MR) is 97.7 cm³/mol. The highest BCUT2D eigenvalue weighted by Gasteiger charge is 2.45. The summed E-state index contributed by atoms with van der Waals surface area (Å²) in [6, 6.07) is 12.1. The van der Waals surface area contributed by atoms with Crippen LogP contribution in [0.1, 0.15) is 38.0 Å². The molecule has 1 aliphatic heterocycles. The molecule has 3 rings (SSSR count). The van der Waals surface area contributed by atoms with Gasteiger partial charge >= 0.3 is 11.9 Å². The molecule has 8 nitrogen and oxygen atoms in total. The molecule has 2 aromatic rings. The van der Waals surface area contributed by atoms with Gasteiger partial charge < -0.3 is 9.84 Å². The van der Waals surface area contributed by atoms with Crippen molar-refractivity contribution in [3.8, 4) is 0 Å². The van der Waals surface area contributed by atoms with Gasteiger partial charge in [0.25, 0.3) is 11.8 Å². The van der Waals surface area contributed by atoms with Crippen LogP contribution < -0.4 is 0 Å². The number of rotatable bonds is 6. The second kappa shape index (κ2) is 7.45. The van der Waals surface area contributed by atoms with Crippen LogP contribution in [-0.4, -0.2) is 46.0 Å². The van der Waals surface area contributed by atoms with E-state index < -0.39 is 28.7 Å². The van der Waals surface area contributed by atoms with Crippen molar-refractivity contribution in [2.75, 3.05) is 7.11 Å². The molecule has 1 unspecified atom stereocenters. The first-order valence-electron chi connectivity index (χ1n) is 8.04. The summed E-state index contributed by atoms with van der Waals surface area (Å²) in [5, 5.41) is 10.1. The number of nitrogens with zero attached hydrogens (tertiary/aromatic N) is 1. The number of carboxylic acid groups (broad SMARTS) is 1. The number of aliphatic carboxylic acids is 1. The molecule has 0 saturated carbocycles. The number of hydrogen-bond donors (Lipinski definition) is 1. The van der Waals surface area contributed by atoms with Crippen molar-refractivity contribution in [1.29, 1.82) is 0 Å². The van der Waals surface area contributed by atoms with Crippen LogP contribution >= 0.6 is 11.8 Å². The number of carbonyl (C=O) groups excluding carboxylic acids is 3. The third-order valence-electron chi connectivity index (χ3n) is 4.00. The standard InChI is InChI=1S/C19H15NO7S/c1-19(18(24)25,28-12-9-7-11(8-10-12)17(23)26-2)27-20-15(21)13-5-3-4-6-14(13)16(20)22/h3-10H,1-2H3,(H,24,25). The highest BCUT2D eigenvalue weighted by Crippen LogP contribution is 2.37. The molecule has 0 spiro atoms. The van der Waals surface area contributed by atoms with E-state index in [2.05, 4.69) is 4.74 Å². The van der Waals surface area contributed by atoms with Gasteiger partial charge in [-0.15, -0.1) is 5.06 Å². The molecule has 0 bridgehead atoms. The number of hydroxylamine groups is 2. The van der Waals surface area contributed by atoms with Crippen molar-refractivity contribution >= 4 is 35.5 Å². The molecular weight excluding hydrogens is 386 g/mol. The van der Waals surface area contributed by atoms with Gasteiger partial charge in [-0.05, 0) is 43.3 Å². The monoisotopic (exact) mass is 401 g/mol. The smallest absolute Gasteiger partial charge is 0.349 e. The summed E-state index contributed by atoms with van der Waals surface area (Å²) in [5.41, 5.74) is 0.588. The van der Waals surface area contributed by atoms with Crippen LogP contribution in [0, 0.1) is 0 Å². The summed E-state index contributed by atoms with van der Waals surface area (Å²) in [6.07, 6.45) is 0. The normalized spacial score (nSPS) is 15.1. The minimum atomic E-state index is -1.97. The molecule has 1 heterocycles. The highest BCUT2D eigenvalue weighted by atomic mass is 32.2. The number of benzene rings is 2. The predicted octanol–water partition coefficient (Wildman–Crippen LogP) is 2.59. The lowest BCUT2D eigenvalue weighted by Gasteiger charge is -2.27. The van der Waals surface area contributed by atoms with E-state index in [1.54, 1.807) is 12.1 Å². The van der Waals surface area contributed by atoms with Crippen molar-refractivity contribution in [2.45, 2.75) is 16.8 Å². The Bertz CT molecular complexity index is 938. The Hall–Kier alpha value is -3.17. The summed E-state index contributed by atoms with van der Waals surface area (Å²) < 4.78 is 4.61. The molecule has 1 aliphatic rings. The van der Waals surface area contributed by atoms with Crippen LogP contribution in [0.2, 0.25) is 0 Å². The van der Waals surface area contributed by atoms with E-state index in [1.807, 2.05) is 0 Å². The zero-order chi connectivity index (χ0) is 20.5. The molecule has 0 aromatic heterocycles. The number of amides is 2. The molecule has 28 heavy (non-hydrogen) atoms. The van der Waals surface area contributed by atoms with Crippen LogP contribution in [0.4, 0.5) is 0 Å². The molecule has 0 radical (unpaired) electrons. The van der Waals surface area contributed by atoms with E-state index in [9.17, 15) is 24.3 Å². The minimum Gasteiger partial charge on any atom is -0.478 e. The number of imide groups is 1. The van der Waals surface area contributed by atoms with Crippen molar-refractivity contribution in [3.63, 3.8) is 0 Å². The van der Waals surface area contributed by atoms with Crippen LogP contribution in [0.15, 0.2) is 53.4 Å². The lowest BCUT2D eigenvalue weighted by atomic mass is 10.1. The van der Waals surface area contributed by atoms with E-state index in [0.29, 0.717) is 15.5 Å². The molecule has 144 valence electrons. The van der Waals surface area contributed by atoms with Crippen molar-refractivity contribution < 1.29 is 33.9 Å². The van der Waals surface area contributed by atoms with Gasteiger partial charge in [0.05, 0.1) is 23.8 Å². The Morgan fingerprint density at radius 3 is 2.00 bits per heavy atom. The molecule has 2 amide bonds. The third-order valence-corrected chi connectivity index (χ3v) is 5.15. The maximum atomic E-state index is 12.4. The van der Waals surface area contributed by atoms with Crippen LogP contribution in [0.5, 0.6) is 0 Å². The van der Waals surface area contributed by atoms with Gasteiger partial charge in [-0.1, -0.05) is 23.9 Å². The van der Waals surface area contributed by atoms with E-state index in [-0.39, 0.29) is 11.1 Å². The fraction of sp³-hybridized carbons (Fsp3) is 0.158. The van der Waals surface area contributed by atoms with Crippen molar-refractivity contribution in [1.82, 2.24) is 5.06 Å². The molecule has 0 aliphatic carbocycles. The SMILES string of the molecule is COC(=O)c1ccc(SC(C)(ON2C(=O)c3ccccc3C2=O)C(=O)O)cc1. The quantitative estimate of drug-likeness (QED) is 0.340. The number of esters is 1. The number of thioether (sulfide) groups is 1. The summed E-state index contributed by atoms with van der Waals surface area (Å²) in [7, 11) is 1.25. The van der Waals surface area contributed by atoms with Crippen molar-refractivity contribution in [2.24, 2.45) is 0 Å². The van der Waals surface area contributed by atoms with Crippen LogP contribution in [-0.2, 0) is 14.4 Å². The first kappa shape index (κ1) is 19.6. The van der Waals surface area contributed by atoms with E-state index in [1.165, 1.54) is 50.4 Å². The highest BCUT2D eigenvalue weighted by molar-refractivity contribution is 8.01. The van der Waals surface area contributed by atoms with Gasteiger partial charge in [-0.25, -0.2) is 14.4 Å².